The van der Waals surface area contributed by atoms with Crippen molar-refractivity contribution in [3.63, 3.8) is 0 Å². The molecule has 2 heterocycles. The van der Waals surface area contributed by atoms with Gasteiger partial charge in [-0.15, -0.1) is 23.1 Å². The number of aldehydes is 1. The summed E-state index contributed by atoms with van der Waals surface area (Å²) in [5.74, 6) is 1.73. The molecule has 3 nitrogen and oxygen atoms in total. The van der Waals surface area contributed by atoms with Gasteiger partial charge in [0.1, 0.15) is 5.75 Å². The third kappa shape index (κ3) is 3.29. The lowest BCUT2D eigenvalue weighted by Gasteiger charge is -2.22. The number of thiophene rings is 1. The largest absolute Gasteiger partial charge is 0.497 e. The zero-order valence-corrected chi connectivity index (χ0v) is 18.7. The molecule has 1 aromatic heterocycles. The number of carbonyl (C=O) groups excluding carboxylic acids is 1. The number of nitrogens with two attached hydrogens (primary N) is 1. The molecule has 3 aromatic carbocycles. The van der Waals surface area contributed by atoms with Crippen LogP contribution >= 0.6 is 34.9 Å². The van der Waals surface area contributed by atoms with Gasteiger partial charge in [-0.25, -0.2) is 0 Å². The van der Waals surface area contributed by atoms with E-state index in [-0.39, 0.29) is 0 Å². The lowest BCUT2D eigenvalue weighted by atomic mass is 9.94. The second-order valence-electron chi connectivity index (χ2n) is 7.01. The number of carbonyl (C=O) groups is 1. The Kier molecular flexibility index (Phi) is 5.23. The Morgan fingerprint density at radius 2 is 1.87 bits per heavy atom. The molecule has 1 atom stereocenters. The standard InChI is InChI=1S/C24H19NO2S3/c1-27-16-9-6-15(7-10-16)23-28-13-20-21(22(25)29-24(20)30-23)18-11-8-14-4-2-3-5-17(14)19(18)12-26/h2-12,23H,13,25H2,1H3. The molecule has 1 aliphatic heterocycles. The van der Waals surface area contributed by atoms with Gasteiger partial charge in [0.2, 0.25) is 0 Å². The minimum absolute atomic E-state index is 0.316. The predicted octanol–water partition coefficient (Wildman–Crippen LogP) is 7.01. The van der Waals surface area contributed by atoms with Crippen LogP contribution in [0.1, 0.15) is 26.1 Å². The number of methoxy groups -OCH3 is 1. The second kappa shape index (κ2) is 8.02. The van der Waals surface area contributed by atoms with E-state index in [2.05, 4.69) is 18.2 Å². The predicted molar refractivity (Wildman–Crippen MR) is 130 cm³/mol. The van der Waals surface area contributed by atoms with Crippen molar-refractivity contribution in [3.05, 3.63) is 77.4 Å². The van der Waals surface area contributed by atoms with E-state index in [0.717, 1.165) is 44.7 Å². The summed E-state index contributed by atoms with van der Waals surface area (Å²) in [5, 5.41) is 2.81. The topological polar surface area (TPSA) is 52.3 Å². The highest BCUT2D eigenvalue weighted by molar-refractivity contribution is 8.17. The maximum atomic E-state index is 12.0. The van der Waals surface area contributed by atoms with Gasteiger partial charge in [0.25, 0.3) is 0 Å². The molecule has 4 aromatic rings. The zero-order valence-electron chi connectivity index (χ0n) is 16.3. The lowest BCUT2D eigenvalue weighted by Crippen LogP contribution is -1.99. The molecule has 0 amide bonds. The normalized spacial score (nSPS) is 15.7. The summed E-state index contributed by atoms with van der Waals surface area (Å²) >= 11 is 5.37. The van der Waals surface area contributed by atoms with Crippen molar-refractivity contribution in [3.8, 4) is 16.9 Å². The van der Waals surface area contributed by atoms with Crippen molar-refractivity contribution in [2.45, 2.75) is 14.5 Å². The van der Waals surface area contributed by atoms with Crippen molar-refractivity contribution in [1.29, 1.82) is 0 Å². The summed E-state index contributed by atoms with van der Waals surface area (Å²) in [4.78, 5) is 12.0. The van der Waals surface area contributed by atoms with Gasteiger partial charge < -0.3 is 10.5 Å². The molecule has 0 saturated carbocycles. The Balaban J connectivity index is 1.55. The number of anilines is 1. The maximum Gasteiger partial charge on any atom is 0.151 e. The minimum Gasteiger partial charge on any atom is -0.497 e. The highest BCUT2D eigenvalue weighted by atomic mass is 32.2. The smallest absolute Gasteiger partial charge is 0.151 e. The van der Waals surface area contributed by atoms with Crippen LogP contribution < -0.4 is 10.5 Å². The minimum atomic E-state index is 0.316. The Morgan fingerprint density at radius 1 is 1.07 bits per heavy atom. The van der Waals surface area contributed by atoms with Crippen LogP contribution in [0.15, 0.2) is 64.9 Å². The van der Waals surface area contributed by atoms with E-state index in [4.69, 9.17) is 10.5 Å². The number of thioether (sulfide) groups is 2. The molecular weight excluding hydrogens is 430 g/mol. The average Bonchev–Trinajstić information content (AvgIpc) is 3.13. The van der Waals surface area contributed by atoms with E-state index in [1.54, 1.807) is 18.4 Å². The van der Waals surface area contributed by atoms with Crippen LogP contribution in [-0.2, 0) is 5.75 Å². The van der Waals surface area contributed by atoms with Crippen LogP contribution in [0.2, 0.25) is 0 Å². The molecular formula is C24H19NO2S3. The van der Waals surface area contributed by atoms with Crippen molar-refractivity contribution in [2.24, 2.45) is 0 Å². The van der Waals surface area contributed by atoms with E-state index in [9.17, 15) is 4.79 Å². The van der Waals surface area contributed by atoms with E-state index in [1.165, 1.54) is 15.3 Å². The first-order chi connectivity index (χ1) is 14.7. The molecule has 30 heavy (non-hydrogen) atoms. The van der Waals surface area contributed by atoms with Gasteiger partial charge >= 0.3 is 0 Å². The highest BCUT2D eigenvalue weighted by Gasteiger charge is 2.28. The summed E-state index contributed by atoms with van der Waals surface area (Å²) in [6.45, 7) is 0. The van der Waals surface area contributed by atoms with Crippen LogP contribution in [0, 0.1) is 0 Å². The zero-order chi connectivity index (χ0) is 20.7. The highest BCUT2D eigenvalue weighted by Crippen LogP contribution is 2.57. The van der Waals surface area contributed by atoms with Gasteiger partial charge in [0, 0.05) is 16.9 Å². The number of hydrogen-bond acceptors (Lipinski definition) is 6. The van der Waals surface area contributed by atoms with E-state index in [0.29, 0.717) is 10.1 Å². The maximum absolute atomic E-state index is 12.0. The van der Waals surface area contributed by atoms with Gasteiger partial charge in [-0.2, -0.15) is 0 Å². The van der Waals surface area contributed by atoms with Gasteiger partial charge in [0.05, 0.1) is 20.9 Å². The Hall–Kier alpha value is -2.41. The van der Waals surface area contributed by atoms with Crippen LogP contribution in [0.25, 0.3) is 21.9 Å². The van der Waals surface area contributed by atoms with Crippen LogP contribution in [0.4, 0.5) is 5.00 Å². The van der Waals surface area contributed by atoms with Crippen LogP contribution in [0.5, 0.6) is 5.75 Å². The number of fused-ring (bicyclic) bond motifs is 2. The van der Waals surface area contributed by atoms with E-state index in [1.807, 2.05) is 66.0 Å². The Bertz CT molecular complexity index is 1250. The van der Waals surface area contributed by atoms with Gasteiger partial charge in [-0.05, 0) is 39.6 Å². The summed E-state index contributed by atoms with van der Waals surface area (Å²) in [6.07, 6.45) is 0.963. The first-order valence-corrected chi connectivity index (χ1v) is 12.2. The number of nitrogen functional groups attached to an aromatic ring is 1. The van der Waals surface area contributed by atoms with E-state index < -0.39 is 0 Å². The fourth-order valence-electron chi connectivity index (χ4n) is 3.84. The van der Waals surface area contributed by atoms with Crippen molar-refractivity contribution < 1.29 is 9.53 Å². The number of rotatable bonds is 4. The van der Waals surface area contributed by atoms with Gasteiger partial charge in [0.15, 0.2) is 6.29 Å². The fourth-order valence-corrected chi connectivity index (χ4v) is 8.31. The van der Waals surface area contributed by atoms with Crippen LogP contribution in [0.3, 0.4) is 0 Å². The molecule has 150 valence electrons. The molecule has 1 unspecified atom stereocenters. The van der Waals surface area contributed by atoms with E-state index >= 15 is 0 Å². The van der Waals surface area contributed by atoms with Gasteiger partial charge in [-0.3, -0.25) is 4.79 Å². The van der Waals surface area contributed by atoms with Crippen molar-refractivity contribution in [2.75, 3.05) is 12.8 Å². The Labute approximate surface area is 187 Å². The van der Waals surface area contributed by atoms with Gasteiger partial charge in [-0.1, -0.05) is 60.3 Å². The summed E-state index contributed by atoms with van der Waals surface area (Å²) < 4.78 is 6.84. The first kappa shape index (κ1) is 19.5. The first-order valence-electron chi connectivity index (χ1n) is 9.50. The van der Waals surface area contributed by atoms with Crippen LogP contribution in [-0.4, -0.2) is 13.4 Å². The SMILES string of the molecule is COc1ccc(C2SCc3c(sc(N)c3-c3ccc4ccccc4c3C=O)S2)cc1. The third-order valence-electron chi connectivity index (χ3n) is 5.34. The molecule has 0 radical (unpaired) electrons. The van der Waals surface area contributed by atoms with Crippen molar-refractivity contribution >= 4 is 56.9 Å². The molecule has 5 rings (SSSR count). The molecule has 2 N–H and O–H groups in total. The quantitative estimate of drug-likeness (QED) is 0.340. The molecule has 6 heteroatoms. The number of hydrogen-bond donors (Lipinski definition) is 1. The second-order valence-corrected chi connectivity index (χ2v) is 10.8. The fraction of sp³-hybridized carbons (Fsp3) is 0.125. The molecule has 0 fully saturated rings. The molecule has 0 aliphatic carbocycles. The number of benzene rings is 3. The summed E-state index contributed by atoms with van der Waals surface area (Å²) in [7, 11) is 1.68. The van der Waals surface area contributed by atoms with Crippen molar-refractivity contribution in [1.82, 2.24) is 0 Å². The monoisotopic (exact) mass is 449 g/mol. The average molecular weight is 450 g/mol. The number of ether oxygens (including phenoxy) is 1. The molecule has 0 spiro atoms. The molecule has 1 aliphatic rings. The Morgan fingerprint density at radius 3 is 2.63 bits per heavy atom. The summed E-state index contributed by atoms with van der Waals surface area (Å²) in [5.41, 5.74) is 11.7. The lowest BCUT2D eigenvalue weighted by molar-refractivity contribution is 0.112. The summed E-state index contributed by atoms with van der Waals surface area (Å²) in [6, 6.07) is 20.4. The third-order valence-corrected chi connectivity index (χ3v) is 9.40. The molecule has 0 saturated heterocycles. The molecule has 0 bridgehead atoms.